The highest BCUT2D eigenvalue weighted by molar-refractivity contribution is 7.99. The van der Waals surface area contributed by atoms with Crippen LogP contribution in [0, 0.1) is 0 Å². The number of hydrogen-bond acceptors (Lipinski definition) is 4. The number of carbonyl (C=O) groups is 2. The molecular formula is C11H18N2O4S. The molecule has 102 valence electrons. The minimum absolute atomic E-state index is 0.220. The predicted molar refractivity (Wildman–Crippen MR) is 67.4 cm³/mol. The second kappa shape index (κ2) is 4.97. The maximum absolute atomic E-state index is 12.2. The van der Waals surface area contributed by atoms with Crippen LogP contribution >= 0.6 is 11.8 Å². The van der Waals surface area contributed by atoms with Gasteiger partial charge in [-0.3, -0.25) is 0 Å². The largest absolute Gasteiger partial charge is 0.480 e. The third kappa shape index (κ3) is 2.72. The Morgan fingerprint density at radius 1 is 1.33 bits per heavy atom. The monoisotopic (exact) mass is 274 g/mol. The van der Waals surface area contributed by atoms with Crippen LogP contribution in [0.3, 0.4) is 0 Å². The molecule has 6 nitrogen and oxygen atoms in total. The van der Waals surface area contributed by atoms with Crippen molar-refractivity contribution in [1.29, 1.82) is 0 Å². The molecule has 0 bridgehead atoms. The number of urea groups is 1. The lowest BCUT2D eigenvalue weighted by Gasteiger charge is -2.38. The first-order chi connectivity index (χ1) is 8.41. The van der Waals surface area contributed by atoms with Gasteiger partial charge in [0.05, 0.1) is 11.5 Å². The molecule has 0 spiro atoms. The Bertz CT molecular complexity index is 351. The summed E-state index contributed by atoms with van der Waals surface area (Å²) < 4.78 is 0. The number of carboxylic acid groups (broad SMARTS) is 1. The Balaban J connectivity index is 1.97. The first kappa shape index (κ1) is 13.5. The standard InChI is InChI=1S/C11H18N2O4S/c1-11(17)2-4-12(5-3-11)10(16)13-7-18-6-8(13)9(14)15/h8,17H,2-7H2,1H3,(H,14,15)/t8-/m0/s1. The number of piperidine rings is 1. The van der Waals surface area contributed by atoms with Crippen molar-refractivity contribution in [3.63, 3.8) is 0 Å². The summed E-state index contributed by atoms with van der Waals surface area (Å²) in [7, 11) is 0. The summed E-state index contributed by atoms with van der Waals surface area (Å²) in [5, 5.41) is 18.9. The smallest absolute Gasteiger partial charge is 0.327 e. The van der Waals surface area contributed by atoms with Crippen LogP contribution in [0.2, 0.25) is 0 Å². The Morgan fingerprint density at radius 2 is 1.94 bits per heavy atom. The summed E-state index contributed by atoms with van der Waals surface area (Å²) in [6, 6.07) is -0.937. The van der Waals surface area contributed by atoms with Crippen molar-refractivity contribution in [2.75, 3.05) is 24.7 Å². The lowest BCUT2D eigenvalue weighted by atomic mass is 9.94. The van der Waals surface area contributed by atoms with Gasteiger partial charge in [0.25, 0.3) is 0 Å². The van der Waals surface area contributed by atoms with Gasteiger partial charge in [0.2, 0.25) is 0 Å². The zero-order valence-electron chi connectivity index (χ0n) is 10.3. The van der Waals surface area contributed by atoms with Crippen LogP contribution < -0.4 is 0 Å². The lowest BCUT2D eigenvalue weighted by Crippen LogP contribution is -2.53. The molecule has 2 aliphatic heterocycles. The molecule has 2 fully saturated rings. The minimum atomic E-state index is -0.947. The first-order valence-corrected chi connectivity index (χ1v) is 7.15. The molecule has 0 saturated carbocycles. The molecular weight excluding hydrogens is 256 g/mol. The van der Waals surface area contributed by atoms with Crippen molar-refractivity contribution in [3.8, 4) is 0 Å². The molecule has 2 saturated heterocycles. The van der Waals surface area contributed by atoms with Crippen LogP contribution in [0.1, 0.15) is 19.8 Å². The molecule has 7 heteroatoms. The fourth-order valence-electron chi connectivity index (χ4n) is 2.20. The molecule has 2 amide bonds. The molecule has 18 heavy (non-hydrogen) atoms. The number of carboxylic acids is 1. The number of likely N-dealkylation sites (tertiary alicyclic amines) is 1. The van der Waals surface area contributed by atoms with E-state index in [9.17, 15) is 14.7 Å². The van der Waals surface area contributed by atoms with E-state index in [0.717, 1.165) is 0 Å². The van der Waals surface area contributed by atoms with E-state index in [1.165, 1.54) is 16.7 Å². The number of rotatable bonds is 1. The number of carbonyl (C=O) groups excluding carboxylic acids is 1. The van der Waals surface area contributed by atoms with Gasteiger partial charge in [0.1, 0.15) is 6.04 Å². The van der Waals surface area contributed by atoms with Gasteiger partial charge in [-0.2, -0.15) is 0 Å². The van der Waals surface area contributed by atoms with Crippen molar-refractivity contribution >= 4 is 23.8 Å². The normalized spacial score (nSPS) is 27.3. The Labute approximate surface area is 110 Å². The zero-order valence-corrected chi connectivity index (χ0v) is 11.2. The molecule has 1 atom stereocenters. The third-order valence-corrected chi connectivity index (χ3v) is 4.54. The van der Waals surface area contributed by atoms with Gasteiger partial charge >= 0.3 is 12.0 Å². The molecule has 0 unspecified atom stereocenters. The third-order valence-electron chi connectivity index (χ3n) is 3.52. The van der Waals surface area contributed by atoms with Crippen molar-refractivity contribution in [1.82, 2.24) is 9.80 Å². The Kier molecular flexibility index (Phi) is 3.72. The van der Waals surface area contributed by atoms with E-state index in [4.69, 9.17) is 5.11 Å². The van der Waals surface area contributed by atoms with Crippen LogP contribution in [-0.4, -0.2) is 68.4 Å². The van der Waals surface area contributed by atoms with E-state index in [2.05, 4.69) is 0 Å². The van der Waals surface area contributed by atoms with E-state index in [0.29, 0.717) is 37.6 Å². The van der Waals surface area contributed by atoms with Crippen LogP contribution in [0.5, 0.6) is 0 Å². The van der Waals surface area contributed by atoms with Crippen molar-refractivity contribution in [2.24, 2.45) is 0 Å². The minimum Gasteiger partial charge on any atom is -0.480 e. The van der Waals surface area contributed by atoms with E-state index < -0.39 is 17.6 Å². The first-order valence-electron chi connectivity index (χ1n) is 5.99. The highest BCUT2D eigenvalue weighted by Crippen LogP contribution is 2.26. The number of amides is 2. The summed E-state index contributed by atoms with van der Waals surface area (Å²) in [5.41, 5.74) is -0.706. The molecule has 0 aromatic heterocycles. The maximum atomic E-state index is 12.2. The van der Waals surface area contributed by atoms with E-state index in [-0.39, 0.29) is 6.03 Å². The van der Waals surface area contributed by atoms with Crippen molar-refractivity contribution in [2.45, 2.75) is 31.4 Å². The SMILES string of the molecule is CC1(O)CCN(C(=O)N2CSC[C@H]2C(=O)O)CC1. The highest BCUT2D eigenvalue weighted by Gasteiger charge is 2.38. The number of aliphatic carboxylic acids is 1. The zero-order chi connectivity index (χ0) is 13.3. The molecule has 2 rings (SSSR count). The Morgan fingerprint density at radius 3 is 2.50 bits per heavy atom. The fourth-order valence-corrected chi connectivity index (χ4v) is 3.34. The average Bonchev–Trinajstić information content (AvgIpc) is 2.77. The number of aliphatic hydroxyl groups is 1. The molecule has 0 aliphatic carbocycles. The van der Waals surface area contributed by atoms with Crippen LogP contribution in [0.25, 0.3) is 0 Å². The van der Waals surface area contributed by atoms with Crippen molar-refractivity contribution < 1.29 is 19.8 Å². The fraction of sp³-hybridized carbons (Fsp3) is 0.818. The second-order valence-corrected chi connectivity index (χ2v) is 6.09. The van der Waals surface area contributed by atoms with Crippen LogP contribution in [0.4, 0.5) is 4.79 Å². The lowest BCUT2D eigenvalue weighted by molar-refractivity contribution is -0.141. The van der Waals surface area contributed by atoms with Gasteiger partial charge in [0.15, 0.2) is 0 Å². The summed E-state index contributed by atoms with van der Waals surface area (Å²) in [4.78, 5) is 26.3. The van der Waals surface area contributed by atoms with Gasteiger partial charge in [-0.15, -0.1) is 11.8 Å². The van der Waals surface area contributed by atoms with Crippen molar-refractivity contribution in [3.05, 3.63) is 0 Å². The van der Waals surface area contributed by atoms with E-state index in [1.54, 1.807) is 11.8 Å². The summed E-state index contributed by atoms with van der Waals surface area (Å²) >= 11 is 1.46. The van der Waals surface area contributed by atoms with Crippen LogP contribution in [0.15, 0.2) is 0 Å². The number of thioether (sulfide) groups is 1. The molecule has 2 aliphatic rings. The predicted octanol–water partition coefficient (Wildman–Crippen LogP) is 0.413. The topological polar surface area (TPSA) is 81.1 Å². The molecule has 2 N–H and O–H groups in total. The van der Waals surface area contributed by atoms with Gasteiger partial charge < -0.3 is 20.0 Å². The molecule has 0 radical (unpaired) electrons. The van der Waals surface area contributed by atoms with Crippen LogP contribution in [-0.2, 0) is 4.79 Å². The quantitative estimate of drug-likeness (QED) is 0.724. The van der Waals surface area contributed by atoms with Gasteiger partial charge in [0, 0.05) is 18.8 Å². The molecule has 0 aromatic rings. The van der Waals surface area contributed by atoms with E-state index >= 15 is 0 Å². The number of hydrogen-bond donors (Lipinski definition) is 2. The average molecular weight is 274 g/mol. The maximum Gasteiger partial charge on any atom is 0.327 e. The van der Waals surface area contributed by atoms with Gasteiger partial charge in [-0.25, -0.2) is 9.59 Å². The van der Waals surface area contributed by atoms with E-state index in [1.807, 2.05) is 0 Å². The van der Waals surface area contributed by atoms with Gasteiger partial charge in [-0.1, -0.05) is 0 Å². The highest BCUT2D eigenvalue weighted by atomic mass is 32.2. The molecule has 2 heterocycles. The number of nitrogens with zero attached hydrogens (tertiary/aromatic N) is 2. The summed E-state index contributed by atoms with van der Waals surface area (Å²) in [5.74, 6) is -0.0626. The molecule has 0 aromatic carbocycles. The van der Waals surface area contributed by atoms with Gasteiger partial charge in [-0.05, 0) is 19.8 Å². The Hall–Kier alpha value is -0.950. The summed E-state index contributed by atoms with van der Waals surface area (Å²) in [6.07, 6.45) is 1.08. The second-order valence-electron chi connectivity index (χ2n) is 5.09. The summed E-state index contributed by atoms with van der Waals surface area (Å²) in [6.45, 7) is 2.74.